The van der Waals surface area contributed by atoms with Crippen LogP contribution in [-0.4, -0.2) is 53.6 Å². The van der Waals surface area contributed by atoms with Crippen LogP contribution in [0.3, 0.4) is 0 Å². The van der Waals surface area contributed by atoms with Gasteiger partial charge in [0.25, 0.3) is 0 Å². The van der Waals surface area contributed by atoms with E-state index in [1.807, 2.05) is 0 Å². The number of aromatic hydroxyl groups is 1. The summed E-state index contributed by atoms with van der Waals surface area (Å²) in [6.07, 6.45) is 3.87. The van der Waals surface area contributed by atoms with Crippen LogP contribution in [0.2, 0.25) is 0 Å². The minimum absolute atomic E-state index is 0.0333. The maximum atomic E-state index is 11.9. The fraction of sp³-hybridized carbons (Fsp3) is 0.632. The number of phenolic OH excluding ortho intramolecular Hbond substituents is 1. The van der Waals surface area contributed by atoms with E-state index in [0.717, 1.165) is 32.2 Å². The third-order valence-electron chi connectivity index (χ3n) is 7.06. The van der Waals surface area contributed by atoms with E-state index >= 15 is 0 Å². The van der Waals surface area contributed by atoms with Gasteiger partial charge in [0.2, 0.25) is 5.91 Å². The summed E-state index contributed by atoms with van der Waals surface area (Å²) in [6, 6.07) is 4.27. The molecule has 2 aliphatic carbocycles. The molecular formula is C19H23ClN2O3. The molecule has 4 aliphatic rings. The van der Waals surface area contributed by atoms with Crippen molar-refractivity contribution in [3.8, 4) is 11.5 Å². The largest absolute Gasteiger partial charge is 0.504 e. The van der Waals surface area contributed by atoms with Crippen LogP contribution in [0.4, 0.5) is 0 Å². The van der Waals surface area contributed by atoms with Crippen molar-refractivity contribution in [3.05, 3.63) is 23.3 Å². The Morgan fingerprint density at radius 3 is 3.12 bits per heavy atom. The number of phenols is 1. The maximum absolute atomic E-state index is 11.9. The first-order valence-electron chi connectivity index (χ1n) is 9.14. The summed E-state index contributed by atoms with van der Waals surface area (Å²) in [6.45, 7) is 1.02. The Bertz CT molecular complexity index is 754. The van der Waals surface area contributed by atoms with E-state index in [2.05, 4.69) is 23.3 Å². The molecule has 1 spiro atoms. The van der Waals surface area contributed by atoms with Crippen LogP contribution in [0, 0.1) is 5.92 Å². The second kappa shape index (κ2) is 5.27. The number of hydrogen-bond donors (Lipinski definition) is 2. The molecule has 1 amide bonds. The van der Waals surface area contributed by atoms with Crippen LogP contribution in [0.5, 0.6) is 11.5 Å². The lowest BCUT2D eigenvalue weighted by atomic mass is 9.51. The molecular weight excluding hydrogens is 340 g/mol. The molecule has 2 fully saturated rings. The third-order valence-corrected chi connectivity index (χ3v) is 7.31. The molecule has 2 heterocycles. The Hall–Kier alpha value is -1.46. The van der Waals surface area contributed by atoms with Crippen LogP contribution in [-0.2, 0) is 16.6 Å². The zero-order valence-corrected chi connectivity index (χ0v) is 15.1. The van der Waals surface area contributed by atoms with E-state index in [1.165, 1.54) is 11.1 Å². The van der Waals surface area contributed by atoms with Crippen molar-refractivity contribution in [1.82, 2.24) is 10.2 Å². The summed E-state index contributed by atoms with van der Waals surface area (Å²) in [4.78, 5) is 14.4. The first-order chi connectivity index (χ1) is 12.1. The van der Waals surface area contributed by atoms with Crippen LogP contribution < -0.4 is 10.1 Å². The highest BCUT2D eigenvalue weighted by Gasteiger charge is 2.65. The topological polar surface area (TPSA) is 61.8 Å². The molecule has 134 valence electrons. The van der Waals surface area contributed by atoms with Gasteiger partial charge in [0.15, 0.2) is 11.5 Å². The van der Waals surface area contributed by atoms with Crippen molar-refractivity contribution in [2.24, 2.45) is 5.92 Å². The molecule has 1 aromatic carbocycles. The van der Waals surface area contributed by atoms with E-state index < -0.39 is 0 Å². The van der Waals surface area contributed by atoms with Crippen LogP contribution >= 0.6 is 11.6 Å². The fourth-order valence-corrected chi connectivity index (χ4v) is 6.21. The number of benzene rings is 1. The normalized spacial score (nSPS) is 38.0. The minimum Gasteiger partial charge on any atom is -0.504 e. The molecule has 1 saturated carbocycles. The molecule has 0 aromatic heterocycles. The number of halogens is 1. The summed E-state index contributed by atoms with van der Waals surface area (Å²) >= 11 is 5.72. The lowest BCUT2D eigenvalue weighted by molar-refractivity contribution is -0.122. The monoisotopic (exact) mass is 362 g/mol. The number of alkyl halides is 1. The van der Waals surface area contributed by atoms with Crippen molar-refractivity contribution >= 4 is 17.5 Å². The van der Waals surface area contributed by atoms with Gasteiger partial charge in [-0.15, -0.1) is 11.6 Å². The number of carbonyl (C=O) groups is 1. The van der Waals surface area contributed by atoms with Crippen molar-refractivity contribution in [1.29, 1.82) is 0 Å². The summed E-state index contributed by atoms with van der Waals surface area (Å²) in [7, 11) is 2.22. The number of likely N-dealkylation sites (N-methyl/N-ethyl adjacent to an activating group) is 1. The molecule has 0 radical (unpaired) electrons. The van der Waals surface area contributed by atoms with Crippen LogP contribution in [0.15, 0.2) is 12.1 Å². The van der Waals surface area contributed by atoms with Crippen molar-refractivity contribution in [3.63, 3.8) is 0 Å². The van der Waals surface area contributed by atoms with E-state index in [1.54, 1.807) is 6.07 Å². The van der Waals surface area contributed by atoms with Gasteiger partial charge in [-0.3, -0.25) is 4.79 Å². The molecule has 6 heteroatoms. The highest BCUT2D eigenvalue weighted by atomic mass is 35.5. The lowest BCUT2D eigenvalue weighted by Gasteiger charge is -2.59. The number of ether oxygens (including phenoxy) is 1. The van der Waals surface area contributed by atoms with Gasteiger partial charge in [0, 0.05) is 17.0 Å². The van der Waals surface area contributed by atoms with Crippen molar-refractivity contribution in [2.45, 2.75) is 49.3 Å². The van der Waals surface area contributed by atoms with Crippen LogP contribution in [0.1, 0.15) is 30.4 Å². The molecule has 2 bridgehead atoms. The van der Waals surface area contributed by atoms with Gasteiger partial charge in [0.1, 0.15) is 12.0 Å². The predicted molar refractivity (Wildman–Crippen MR) is 94.3 cm³/mol. The number of likely N-dealkylation sites (tertiary alicyclic amines) is 1. The fourth-order valence-electron chi connectivity index (χ4n) is 6.13. The number of nitrogens with one attached hydrogen (secondary N) is 1. The predicted octanol–water partition coefficient (Wildman–Crippen LogP) is 1.78. The van der Waals surface area contributed by atoms with Gasteiger partial charge in [-0.25, -0.2) is 0 Å². The highest BCUT2D eigenvalue weighted by molar-refractivity contribution is 6.27. The Kier molecular flexibility index (Phi) is 3.32. The highest BCUT2D eigenvalue weighted by Crippen LogP contribution is 2.63. The van der Waals surface area contributed by atoms with Gasteiger partial charge in [-0.05, 0) is 56.8 Å². The smallest absolute Gasteiger partial charge is 0.235 e. The minimum atomic E-state index is -0.147. The number of rotatable bonds is 2. The van der Waals surface area contributed by atoms with E-state index in [9.17, 15) is 9.90 Å². The summed E-state index contributed by atoms with van der Waals surface area (Å²) in [5.41, 5.74) is 2.42. The number of piperidine rings is 1. The quantitative estimate of drug-likeness (QED) is 0.787. The van der Waals surface area contributed by atoms with Gasteiger partial charge in [-0.2, -0.15) is 0 Å². The average molecular weight is 363 g/mol. The first-order valence-corrected chi connectivity index (χ1v) is 9.67. The molecule has 1 aromatic rings. The summed E-state index contributed by atoms with van der Waals surface area (Å²) in [5, 5.41) is 13.5. The van der Waals surface area contributed by atoms with E-state index in [4.69, 9.17) is 16.3 Å². The molecule has 1 saturated heterocycles. The lowest BCUT2D eigenvalue weighted by Crippen LogP contribution is -2.68. The SMILES string of the molecule is CN1CC[C@]23c4c5ccc(O)c4O[C@H]2[C@H](NC(=O)CCl)CC[C@H]3[C@H]1C5. The molecule has 5 atom stereocenters. The average Bonchev–Trinajstić information content (AvgIpc) is 2.96. The molecule has 0 unspecified atom stereocenters. The van der Waals surface area contributed by atoms with E-state index in [-0.39, 0.29) is 35.1 Å². The van der Waals surface area contributed by atoms with Gasteiger partial charge < -0.3 is 20.1 Å². The number of amides is 1. The molecule has 2 N–H and O–H groups in total. The Morgan fingerprint density at radius 1 is 1.48 bits per heavy atom. The zero-order chi connectivity index (χ0) is 17.3. The Balaban J connectivity index is 1.66. The molecule has 25 heavy (non-hydrogen) atoms. The van der Waals surface area contributed by atoms with Crippen LogP contribution in [0.25, 0.3) is 0 Å². The number of carbonyl (C=O) groups excluding carboxylic acids is 1. The zero-order valence-electron chi connectivity index (χ0n) is 14.3. The van der Waals surface area contributed by atoms with Gasteiger partial charge in [0.05, 0.1) is 6.04 Å². The molecule has 2 aliphatic heterocycles. The Labute approximate surface area is 152 Å². The molecule has 5 rings (SSSR count). The second-order valence-electron chi connectivity index (χ2n) is 8.02. The van der Waals surface area contributed by atoms with Crippen molar-refractivity contribution in [2.75, 3.05) is 19.5 Å². The Morgan fingerprint density at radius 2 is 2.32 bits per heavy atom. The first kappa shape index (κ1) is 15.8. The molecule has 5 nitrogen and oxygen atoms in total. The second-order valence-corrected chi connectivity index (χ2v) is 8.29. The number of hydrogen-bond acceptors (Lipinski definition) is 4. The summed E-state index contributed by atoms with van der Waals surface area (Å²) in [5.74, 6) is 1.21. The van der Waals surface area contributed by atoms with Gasteiger partial charge in [-0.1, -0.05) is 6.07 Å². The van der Waals surface area contributed by atoms with E-state index in [0.29, 0.717) is 17.7 Å². The standard InChI is InChI=1S/C19H23ClN2O3/c1-22-7-6-19-11-3-4-12(21-15(24)9-20)18(19)25-17-14(23)5-2-10(16(17)19)8-13(11)22/h2,5,11-13,18,23H,3-4,6-9H2,1H3,(H,21,24)/t11-,12+,13+,18-,19-/m0/s1. The third kappa shape index (κ3) is 1.91. The summed E-state index contributed by atoms with van der Waals surface area (Å²) < 4.78 is 6.38. The number of nitrogens with zero attached hydrogens (tertiary/aromatic N) is 1. The maximum Gasteiger partial charge on any atom is 0.235 e. The van der Waals surface area contributed by atoms with Gasteiger partial charge >= 0.3 is 0 Å². The van der Waals surface area contributed by atoms with Crippen molar-refractivity contribution < 1.29 is 14.6 Å².